The minimum atomic E-state index is -3.73. The molecule has 1 aliphatic rings. The van der Waals surface area contributed by atoms with Crippen LogP contribution in [0, 0.1) is 0 Å². The second-order valence-corrected chi connectivity index (χ2v) is 4.72. The molecule has 1 fully saturated rings. The molecule has 1 rings (SSSR count). The van der Waals surface area contributed by atoms with Crippen LogP contribution in [0.1, 0.15) is 39.0 Å². The van der Waals surface area contributed by atoms with E-state index in [-0.39, 0.29) is 6.10 Å². The summed E-state index contributed by atoms with van der Waals surface area (Å²) in [5.74, 6) is 0. The third-order valence-electron chi connectivity index (χ3n) is 2.09. The molecule has 0 amide bonds. The highest BCUT2D eigenvalue weighted by molar-refractivity contribution is 7.47. The minimum absolute atomic E-state index is 0.0988. The van der Waals surface area contributed by atoms with Gasteiger partial charge in [0.2, 0.25) is 0 Å². The molecule has 4 nitrogen and oxygen atoms in total. The summed E-state index contributed by atoms with van der Waals surface area (Å²) in [5.41, 5.74) is 0. The fourth-order valence-corrected chi connectivity index (χ4v) is 2.40. The van der Waals surface area contributed by atoms with Crippen LogP contribution in [0.5, 0.6) is 0 Å². The Morgan fingerprint density at radius 1 is 1.62 bits per heavy atom. The highest BCUT2D eigenvalue weighted by Crippen LogP contribution is 2.47. The molecule has 1 aliphatic heterocycles. The Morgan fingerprint density at radius 3 is 3.08 bits per heavy atom. The summed E-state index contributed by atoms with van der Waals surface area (Å²) in [7, 11) is -3.73. The Labute approximate surface area is 78.9 Å². The van der Waals surface area contributed by atoms with Gasteiger partial charge in [-0.2, -0.15) is 0 Å². The van der Waals surface area contributed by atoms with Crippen LogP contribution >= 0.6 is 7.82 Å². The van der Waals surface area contributed by atoms with E-state index >= 15 is 0 Å². The zero-order valence-electron chi connectivity index (χ0n) is 7.94. The molecule has 0 aromatic carbocycles. The van der Waals surface area contributed by atoms with Crippen LogP contribution in [-0.2, 0) is 13.6 Å². The monoisotopic (exact) mass is 208 g/mol. The van der Waals surface area contributed by atoms with Gasteiger partial charge in [-0.25, -0.2) is 4.57 Å². The van der Waals surface area contributed by atoms with Gasteiger partial charge >= 0.3 is 7.82 Å². The Kier molecular flexibility index (Phi) is 4.39. The molecule has 5 heteroatoms. The van der Waals surface area contributed by atoms with Crippen LogP contribution in [0.3, 0.4) is 0 Å². The van der Waals surface area contributed by atoms with Crippen LogP contribution in [0.25, 0.3) is 0 Å². The van der Waals surface area contributed by atoms with Crippen molar-refractivity contribution in [1.82, 2.24) is 0 Å². The van der Waals surface area contributed by atoms with Gasteiger partial charge in [-0.05, 0) is 19.3 Å². The Balaban J connectivity index is 2.40. The fourth-order valence-electron chi connectivity index (χ4n) is 1.39. The first-order chi connectivity index (χ1) is 6.14. The lowest BCUT2D eigenvalue weighted by Crippen LogP contribution is -2.09. The molecule has 78 valence electrons. The molecule has 0 aromatic heterocycles. The summed E-state index contributed by atoms with van der Waals surface area (Å²) in [6.45, 7) is 2.42. The molecule has 0 saturated carbocycles. The first-order valence-corrected chi connectivity index (χ1v) is 6.29. The van der Waals surface area contributed by atoms with Crippen molar-refractivity contribution in [2.75, 3.05) is 6.61 Å². The van der Waals surface area contributed by atoms with Crippen molar-refractivity contribution in [3.63, 3.8) is 0 Å². The minimum Gasteiger partial charge on any atom is -0.302 e. The summed E-state index contributed by atoms with van der Waals surface area (Å²) in [5, 5.41) is 0. The van der Waals surface area contributed by atoms with Gasteiger partial charge in [0.1, 0.15) is 0 Å². The molecule has 1 N–H and O–H groups in total. The van der Waals surface area contributed by atoms with E-state index in [4.69, 9.17) is 9.42 Å². The van der Waals surface area contributed by atoms with E-state index in [0.29, 0.717) is 6.61 Å². The van der Waals surface area contributed by atoms with E-state index in [1.165, 1.54) is 0 Å². The highest BCUT2D eigenvalue weighted by atomic mass is 31.2. The number of hydrogen-bond donors (Lipinski definition) is 1. The van der Waals surface area contributed by atoms with Crippen molar-refractivity contribution in [3.05, 3.63) is 0 Å². The number of rotatable bonds is 3. The summed E-state index contributed by atoms with van der Waals surface area (Å²) < 4.78 is 20.8. The van der Waals surface area contributed by atoms with Crippen molar-refractivity contribution in [2.45, 2.75) is 45.1 Å². The predicted octanol–water partition coefficient (Wildman–Crippen LogP) is 2.47. The van der Waals surface area contributed by atoms with Crippen molar-refractivity contribution in [2.24, 2.45) is 0 Å². The average molecular weight is 208 g/mol. The topological polar surface area (TPSA) is 55.8 Å². The number of hydrogen-bond acceptors (Lipinski definition) is 3. The van der Waals surface area contributed by atoms with Gasteiger partial charge in [0.25, 0.3) is 0 Å². The maximum atomic E-state index is 11.1. The van der Waals surface area contributed by atoms with E-state index in [9.17, 15) is 4.57 Å². The SMILES string of the molecule is CCCCC1CCCOP(=O)(O)O1. The molecule has 0 bridgehead atoms. The van der Waals surface area contributed by atoms with Gasteiger partial charge in [-0.3, -0.25) is 9.05 Å². The first kappa shape index (κ1) is 11.2. The Morgan fingerprint density at radius 2 is 2.38 bits per heavy atom. The molecular weight excluding hydrogens is 191 g/mol. The molecular formula is C8H17O4P. The molecule has 1 saturated heterocycles. The number of phosphoric ester groups is 1. The molecule has 0 aromatic rings. The maximum absolute atomic E-state index is 11.1. The molecule has 2 atom stereocenters. The summed E-state index contributed by atoms with van der Waals surface area (Å²) in [4.78, 5) is 9.14. The second kappa shape index (κ2) is 5.11. The lowest BCUT2D eigenvalue weighted by atomic mass is 10.1. The largest absolute Gasteiger partial charge is 0.472 e. The summed E-state index contributed by atoms with van der Waals surface area (Å²) >= 11 is 0. The maximum Gasteiger partial charge on any atom is 0.472 e. The van der Waals surface area contributed by atoms with Crippen LogP contribution in [0.15, 0.2) is 0 Å². The van der Waals surface area contributed by atoms with Gasteiger partial charge in [-0.1, -0.05) is 19.8 Å². The van der Waals surface area contributed by atoms with Crippen molar-refractivity contribution >= 4 is 7.82 Å². The molecule has 0 spiro atoms. The van der Waals surface area contributed by atoms with Gasteiger partial charge in [-0.15, -0.1) is 0 Å². The summed E-state index contributed by atoms with van der Waals surface area (Å²) in [6.07, 6.45) is 4.49. The molecule has 0 radical (unpaired) electrons. The van der Waals surface area contributed by atoms with E-state index in [1.807, 2.05) is 0 Å². The third-order valence-corrected chi connectivity index (χ3v) is 3.16. The van der Waals surface area contributed by atoms with E-state index in [2.05, 4.69) is 11.4 Å². The molecule has 13 heavy (non-hydrogen) atoms. The van der Waals surface area contributed by atoms with E-state index in [1.54, 1.807) is 0 Å². The Bertz CT molecular complexity index is 195. The molecule has 2 unspecified atom stereocenters. The average Bonchev–Trinajstić information content (AvgIpc) is 2.22. The van der Waals surface area contributed by atoms with E-state index in [0.717, 1.165) is 32.1 Å². The normalized spacial score (nSPS) is 35.7. The van der Waals surface area contributed by atoms with Crippen LogP contribution in [-0.4, -0.2) is 17.6 Å². The fraction of sp³-hybridized carbons (Fsp3) is 1.00. The zero-order chi connectivity index (χ0) is 9.73. The summed E-state index contributed by atoms with van der Waals surface area (Å²) in [6, 6.07) is 0. The van der Waals surface area contributed by atoms with Gasteiger partial charge in [0, 0.05) is 0 Å². The quantitative estimate of drug-likeness (QED) is 0.724. The lowest BCUT2D eigenvalue weighted by molar-refractivity contribution is 0.122. The van der Waals surface area contributed by atoms with Crippen molar-refractivity contribution in [3.8, 4) is 0 Å². The van der Waals surface area contributed by atoms with Gasteiger partial charge < -0.3 is 4.89 Å². The van der Waals surface area contributed by atoms with Crippen LogP contribution in [0.4, 0.5) is 0 Å². The molecule has 0 aliphatic carbocycles. The highest BCUT2D eigenvalue weighted by Gasteiger charge is 2.28. The second-order valence-electron chi connectivity index (χ2n) is 3.31. The standard InChI is InChI=1S/C8H17O4P/c1-2-3-5-8-6-4-7-11-13(9,10)12-8/h8H,2-7H2,1H3,(H,9,10). The van der Waals surface area contributed by atoms with Crippen molar-refractivity contribution in [1.29, 1.82) is 0 Å². The van der Waals surface area contributed by atoms with Crippen molar-refractivity contribution < 1.29 is 18.5 Å². The first-order valence-electron chi connectivity index (χ1n) is 4.80. The van der Waals surface area contributed by atoms with Gasteiger partial charge in [0.05, 0.1) is 12.7 Å². The molecule has 1 heterocycles. The lowest BCUT2D eigenvalue weighted by Gasteiger charge is -2.15. The van der Waals surface area contributed by atoms with Crippen LogP contribution in [0.2, 0.25) is 0 Å². The zero-order valence-corrected chi connectivity index (χ0v) is 8.83. The van der Waals surface area contributed by atoms with Crippen LogP contribution < -0.4 is 0 Å². The van der Waals surface area contributed by atoms with Gasteiger partial charge in [0.15, 0.2) is 0 Å². The smallest absolute Gasteiger partial charge is 0.302 e. The van der Waals surface area contributed by atoms with E-state index < -0.39 is 7.82 Å². The Hall–Kier alpha value is 0.110. The predicted molar refractivity (Wildman–Crippen MR) is 49.4 cm³/mol. The number of unbranched alkanes of at least 4 members (excludes halogenated alkanes) is 1. The number of phosphoric acid groups is 1. The third kappa shape index (κ3) is 4.23.